The minimum Gasteiger partial charge on any atom is -0.492 e. The molecule has 0 aliphatic rings. The van der Waals surface area contributed by atoms with Crippen molar-refractivity contribution in [2.75, 3.05) is 11.9 Å². The minimum atomic E-state index is -0.123. The Kier molecular flexibility index (Phi) is 6.74. The van der Waals surface area contributed by atoms with E-state index in [1.807, 2.05) is 61.9 Å². The van der Waals surface area contributed by atoms with Crippen molar-refractivity contribution in [1.82, 2.24) is 24.5 Å². The zero-order chi connectivity index (χ0) is 23.4. The van der Waals surface area contributed by atoms with Crippen LogP contribution in [-0.4, -0.2) is 37.1 Å². The van der Waals surface area contributed by atoms with Crippen LogP contribution in [-0.2, 0) is 17.8 Å². The van der Waals surface area contributed by atoms with E-state index in [-0.39, 0.29) is 12.3 Å². The van der Waals surface area contributed by atoms with Gasteiger partial charge in [0.25, 0.3) is 0 Å². The van der Waals surface area contributed by atoms with Gasteiger partial charge < -0.3 is 10.1 Å². The molecular formula is C24H25ClN6O2. The van der Waals surface area contributed by atoms with Crippen LogP contribution in [0.2, 0.25) is 5.02 Å². The first kappa shape index (κ1) is 22.5. The number of aryl methyl sites for hydroxylation is 2. The molecule has 0 saturated heterocycles. The van der Waals surface area contributed by atoms with E-state index < -0.39 is 0 Å². The highest BCUT2D eigenvalue weighted by Gasteiger charge is 2.17. The van der Waals surface area contributed by atoms with Gasteiger partial charge in [0.15, 0.2) is 0 Å². The van der Waals surface area contributed by atoms with Gasteiger partial charge in [-0.2, -0.15) is 10.2 Å². The minimum absolute atomic E-state index is 0.123. The van der Waals surface area contributed by atoms with Crippen molar-refractivity contribution in [1.29, 1.82) is 0 Å². The fraction of sp³-hybridized carbons (Fsp3) is 0.250. The lowest BCUT2D eigenvalue weighted by Gasteiger charge is -2.10. The number of amides is 1. The molecule has 2 aromatic heterocycles. The van der Waals surface area contributed by atoms with E-state index in [2.05, 4.69) is 20.5 Å². The number of nitrogens with zero attached hydrogens (tertiary/aromatic N) is 5. The topological polar surface area (TPSA) is 86.9 Å². The normalized spacial score (nSPS) is 10.9. The number of rotatable bonds is 8. The molecule has 4 aromatic rings. The van der Waals surface area contributed by atoms with E-state index in [1.54, 1.807) is 17.1 Å². The highest BCUT2D eigenvalue weighted by atomic mass is 35.5. The Balaban J connectivity index is 1.40. The van der Waals surface area contributed by atoms with Gasteiger partial charge in [-0.1, -0.05) is 23.7 Å². The van der Waals surface area contributed by atoms with Crippen LogP contribution >= 0.6 is 11.6 Å². The lowest BCUT2D eigenvalue weighted by atomic mass is 10.1. The lowest BCUT2D eigenvalue weighted by molar-refractivity contribution is -0.115. The molecule has 0 unspecified atom stereocenters. The monoisotopic (exact) mass is 464 g/mol. The summed E-state index contributed by atoms with van der Waals surface area (Å²) in [6.45, 7) is 6.86. The highest BCUT2D eigenvalue weighted by molar-refractivity contribution is 6.31. The largest absolute Gasteiger partial charge is 0.492 e. The van der Waals surface area contributed by atoms with Crippen LogP contribution in [0.5, 0.6) is 5.75 Å². The molecule has 0 atom stereocenters. The van der Waals surface area contributed by atoms with Crippen molar-refractivity contribution in [3.05, 3.63) is 82.7 Å². The summed E-state index contributed by atoms with van der Waals surface area (Å²) in [5.41, 5.74) is 5.16. The summed E-state index contributed by atoms with van der Waals surface area (Å²) in [6.07, 6.45) is 3.34. The molecule has 0 aliphatic heterocycles. The number of hydrogen-bond donors (Lipinski definition) is 1. The Hall–Kier alpha value is -3.65. The van der Waals surface area contributed by atoms with E-state index in [4.69, 9.17) is 16.3 Å². The molecule has 33 heavy (non-hydrogen) atoms. The van der Waals surface area contributed by atoms with Crippen LogP contribution < -0.4 is 10.1 Å². The first-order valence-corrected chi connectivity index (χ1v) is 11.0. The number of benzene rings is 2. The van der Waals surface area contributed by atoms with Crippen molar-refractivity contribution >= 4 is 23.2 Å². The number of carbonyl (C=O) groups is 1. The molecule has 0 saturated carbocycles. The van der Waals surface area contributed by atoms with Crippen molar-refractivity contribution in [2.45, 2.75) is 33.7 Å². The van der Waals surface area contributed by atoms with E-state index >= 15 is 0 Å². The second-order valence-corrected chi connectivity index (χ2v) is 8.16. The van der Waals surface area contributed by atoms with Crippen molar-refractivity contribution in [3.63, 3.8) is 0 Å². The molecule has 1 amide bonds. The molecule has 9 heteroatoms. The number of anilines is 1. The van der Waals surface area contributed by atoms with Crippen molar-refractivity contribution < 1.29 is 9.53 Å². The number of aromatic nitrogens is 5. The molecule has 0 bridgehead atoms. The summed E-state index contributed by atoms with van der Waals surface area (Å²) in [6, 6.07) is 13.1. The molecule has 4 rings (SSSR count). The Morgan fingerprint density at radius 3 is 2.76 bits per heavy atom. The van der Waals surface area contributed by atoms with Gasteiger partial charge in [0.1, 0.15) is 25.0 Å². The van der Waals surface area contributed by atoms with Crippen molar-refractivity contribution in [3.8, 4) is 11.4 Å². The molecule has 0 fully saturated rings. The summed E-state index contributed by atoms with van der Waals surface area (Å²) in [4.78, 5) is 16.7. The predicted octanol–water partition coefficient (Wildman–Crippen LogP) is 4.30. The van der Waals surface area contributed by atoms with E-state index in [9.17, 15) is 4.79 Å². The maximum absolute atomic E-state index is 12.8. The Morgan fingerprint density at radius 2 is 2.00 bits per heavy atom. The van der Waals surface area contributed by atoms with Crippen LogP contribution in [0.15, 0.2) is 55.1 Å². The Bertz CT molecular complexity index is 1270. The molecule has 2 heterocycles. The third kappa shape index (κ3) is 5.40. The number of nitrogens with one attached hydrogen (secondary N) is 1. The van der Waals surface area contributed by atoms with E-state index in [0.29, 0.717) is 29.6 Å². The average molecular weight is 465 g/mol. The number of ether oxygens (including phenoxy) is 1. The standard InChI is InChI=1S/C24H25ClN6O2/c1-16-7-8-20(12-23(16)25)31-18(3)22(17(2)29-31)13-24(32)28-19-5-4-6-21(11-19)33-10-9-30-15-26-14-27-30/h4-8,11-12,14-15H,9-10,13H2,1-3H3,(H,28,32). The predicted molar refractivity (Wildman–Crippen MR) is 127 cm³/mol. The summed E-state index contributed by atoms with van der Waals surface area (Å²) in [5.74, 6) is 0.548. The number of hydrogen-bond acceptors (Lipinski definition) is 5. The highest BCUT2D eigenvalue weighted by Crippen LogP contribution is 2.24. The van der Waals surface area contributed by atoms with E-state index in [0.717, 1.165) is 28.2 Å². The summed E-state index contributed by atoms with van der Waals surface area (Å²) < 4.78 is 9.29. The zero-order valence-corrected chi connectivity index (χ0v) is 19.5. The fourth-order valence-corrected chi connectivity index (χ4v) is 3.71. The van der Waals surface area contributed by atoms with Crippen LogP contribution in [0.25, 0.3) is 5.69 Å². The van der Waals surface area contributed by atoms with Crippen molar-refractivity contribution in [2.24, 2.45) is 0 Å². The second kappa shape index (κ2) is 9.87. The van der Waals surface area contributed by atoms with Gasteiger partial charge in [0, 0.05) is 28.0 Å². The van der Waals surface area contributed by atoms with Gasteiger partial charge in [-0.3, -0.25) is 4.79 Å². The first-order chi connectivity index (χ1) is 15.9. The maximum Gasteiger partial charge on any atom is 0.228 e. The quantitative estimate of drug-likeness (QED) is 0.420. The van der Waals surface area contributed by atoms with Crippen LogP contribution in [0.3, 0.4) is 0 Å². The third-order valence-electron chi connectivity index (χ3n) is 5.35. The molecular weight excluding hydrogens is 440 g/mol. The van der Waals surface area contributed by atoms with Gasteiger partial charge in [-0.15, -0.1) is 0 Å². The summed E-state index contributed by atoms with van der Waals surface area (Å²) in [5, 5.41) is 12.3. The van der Waals surface area contributed by atoms with E-state index in [1.165, 1.54) is 6.33 Å². The molecule has 8 nitrogen and oxygen atoms in total. The first-order valence-electron chi connectivity index (χ1n) is 10.6. The zero-order valence-electron chi connectivity index (χ0n) is 18.7. The molecule has 1 N–H and O–H groups in total. The SMILES string of the molecule is Cc1ccc(-n2nc(C)c(CC(=O)Nc3cccc(OCCn4cncn4)c3)c2C)cc1Cl. The Morgan fingerprint density at radius 1 is 1.15 bits per heavy atom. The second-order valence-electron chi connectivity index (χ2n) is 7.75. The lowest BCUT2D eigenvalue weighted by Crippen LogP contribution is -2.15. The van der Waals surface area contributed by atoms with Crippen LogP contribution in [0.4, 0.5) is 5.69 Å². The fourth-order valence-electron chi connectivity index (χ4n) is 3.53. The maximum atomic E-state index is 12.8. The van der Waals surface area contributed by atoms with Crippen LogP contribution in [0.1, 0.15) is 22.5 Å². The van der Waals surface area contributed by atoms with Gasteiger partial charge >= 0.3 is 0 Å². The third-order valence-corrected chi connectivity index (χ3v) is 5.76. The average Bonchev–Trinajstić information content (AvgIpc) is 3.40. The summed E-state index contributed by atoms with van der Waals surface area (Å²) >= 11 is 6.29. The summed E-state index contributed by atoms with van der Waals surface area (Å²) in [7, 11) is 0. The van der Waals surface area contributed by atoms with Crippen LogP contribution in [0, 0.1) is 20.8 Å². The van der Waals surface area contributed by atoms with Gasteiger partial charge in [0.05, 0.1) is 24.3 Å². The molecule has 2 aromatic carbocycles. The Labute approximate surface area is 197 Å². The molecule has 0 aliphatic carbocycles. The molecule has 170 valence electrons. The number of carbonyl (C=O) groups excluding carboxylic acids is 1. The van der Waals surface area contributed by atoms with Gasteiger partial charge in [-0.25, -0.2) is 14.3 Å². The van der Waals surface area contributed by atoms with Gasteiger partial charge in [-0.05, 0) is 50.6 Å². The van der Waals surface area contributed by atoms with Gasteiger partial charge in [0.2, 0.25) is 5.91 Å². The molecule has 0 radical (unpaired) electrons. The molecule has 0 spiro atoms. The smallest absolute Gasteiger partial charge is 0.228 e. The number of halogens is 1.